The minimum absolute atomic E-state index is 0.584. The van der Waals surface area contributed by atoms with Crippen LogP contribution in [0.25, 0.3) is 0 Å². The van der Waals surface area contributed by atoms with Gasteiger partial charge in [-0.3, -0.25) is 0 Å². The van der Waals surface area contributed by atoms with Crippen LogP contribution in [0.1, 0.15) is 25.3 Å². The highest BCUT2D eigenvalue weighted by molar-refractivity contribution is 9.10. The molecule has 1 fully saturated rings. The van der Waals surface area contributed by atoms with Crippen LogP contribution in [0.3, 0.4) is 0 Å². The topological polar surface area (TPSA) is 28.2 Å². The average molecular weight is 298 g/mol. The SMILES string of the molecule is CCCN(c1nccc(C)c1Br)C1CCNC1. The lowest BCUT2D eigenvalue weighted by molar-refractivity contribution is 0.616. The monoisotopic (exact) mass is 297 g/mol. The summed E-state index contributed by atoms with van der Waals surface area (Å²) in [5, 5.41) is 3.43. The molecule has 0 aromatic carbocycles. The van der Waals surface area contributed by atoms with Crippen LogP contribution in [0.4, 0.5) is 5.82 Å². The van der Waals surface area contributed by atoms with Gasteiger partial charge in [0.05, 0.1) is 4.47 Å². The molecule has 1 aromatic heterocycles. The molecule has 94 valence electrons. The van der Waals surface area contributed by atoms with E-state index in [9.17, 15) is 0 Å². The van der Waals surface area contributed by atoms with Crippen molar-refractivity contribution in [3.63, 3.8) is 0 Å². The molecule has 0 aliphatic carbocycles. The number of halogens is 1. The van der Waals surface area contributed by atoms with Gasteiger partial charge in [-0.25, -0.2) is 4.98 Å². The largest absolute Gasteiger partial charge is 0.351 e. The van der Waals surface area contributed by atoms with E-state index in [1.54, 1.807) is 0 Å². The standard InChI is InChI=1S/C13H20BrN3/c1-3-8-17(11-5-6-15-9-11)13-12(14)10(2)4-7-16-13/h4,7,11,15H,3,5-6,8-9H2,1-2H3. The van der Waals surface area contributed by atoms with Gasteiger partial charge in [0, 0.05) is 25.3 Å². The second-order valence-electron chi connectivity index (χ2n) is 4.61. The predicted molar refractivity (Wildman–Crippen MR) is 75.6 cm³/mol. The third-order valence-electron chi connectivity index (χ3n) is 3.28. The molecule has 0 bridgehead atoms. The highest BCUT2D eigenvalue weighted by atomic mass is 79.9. The molecule has 1 N–H and O–H groups in total. The van der Waals surface area contributed by atoms with Crippen LogP contribution in [0.5, 0.6) is 0 Å². The fourth-order valence-corrected chi connectivity index (χ4v) is 2.80. The number of aromatic nitrogens is 1. The van der Waals surface area contributed by atoms with E-state index in [-0.39, 0.29) is 0 Å². The normalized spacial score (nSPS) is 19.6. The number of pyridine rings is 1. The Kier molecular flexibility index (Phi) is 4.40. The molecule has 0 amide bonds. The fourth-order valence-electron chi connectivity index (χ4n) is 2.33. The molecule has 0 spiro atoms. The molecule has 4 heteroatoms. The van der Waals surface area contributed by atoms with Gasteiger partial charge in [-0.2, -0.15) is 0 Å². The summed E-state index contributed by atoms with van der Waals surface area (Å²) in [6.07, 6.45) is 4.26. The van der Waals surface area contributed by atoms with Gasteiger partial charge < -0.3 is 10.2 Å². The summed E-state index contributed by atoms with van der Waals surface area (Å²) in [5.41, 5.74) is 1.25. The van der Waals surface area contributed by atoms with Crippen LogP contribution in [-0.2, 0) is 0 Å². The molecule has 2 rings (SSSR count). The molecular weight excluding hydrogens is 278 g/mol. The Balaban J connectivity index is 2.27. The van der Waals surface area contributed by atoms with Gasteiger partial charge in [-0.1, -0.05) is 6.92 Å². The second kappa shape index (κ2) is 5.83. The van der Waals surface area contributed by atoms with Gasteiger partial charge in [0.25, 0.3) is 0 Å². The van der Waals surface area contributed by atoms with Crippen molar-refractivity contribution < 1.29 is 0 Å². The van der Waals surface area contributed by atoms with E-state index in [2.05, 4.69) is 45.0 Å². The molecule has 0 radical (unpaired) electrons. The minimum atomic E-state index is 0.584. The summed E-state index contributed by atoms with van der Waals surface area (Å²) >= 11 is 3.67. The molecule has 1 aliphatic rings. The maximum Gasteiger partial charge on any atom is 0.143 e. The molecule has 1 saturated heterocycles. The zero-order valence-electron chi connectivity index (χ0n) is 10.5. The number of anilines is 1. The summed E-state index contributed by atoms with van der Waals surface area (Å²) in [5.74, 6) is 1.10. The first-order valence-corrected chi connectivity index (χ1v) is 7.11. The number of aryl methyl sites for hydroxylation is 1. The predicted octanol–water partition coefficient (Wildman–Crippen LogP) is 2.73. The Labute approximate surface area is 112 Å². The highest BCUT2D eigenvalue weighted by Gasteiger charge is 2.24. The van der Waals surface area contributed by atoms with Gasteiger partial charge in [-0.15, -0.1) is 0 Å². The van der Waals surface area contributed by atoms with Crippen LogP contribution in [-0.4, -0.2) is 30.7 Å². The molecule has 17 heavy (non-hydrogen) atoms. The first-order valence-electron chi connectivity index (χ1n) is 6.32. The second-order valence-corrected chi connectivity index (χ2v) is 5.40. The number of rotatable bonds is 4. The van der Waals surface area contributed by atoms with E-state index in [0.29, 0.717) is 6.04 Å². The van der Waals surface area contributed by atoms with E-state index in [1.165, 1.54) is 12.0 Å². The average Bonchev–Trinajstić information content (AvgIpc) is 2.84. The molecule has 1 aliphatic heterocycles. The van der Waals surface area contributed by atoms with Crippen molar-refractivity contribution in [3.05, 3.63) is 22.3 Å². The van der Waals surface area contributed by atoms with Crippen molar-refractivity contribution in [2.45, 2.75) is 32.7 Å². The zero-order chi connectivity index (χ0) is 12.3. The maximum atomic E-state index is 4.55. The van der Waals surface area contributed by atoms with Crippen LogP contribution < -0.4 is 10.2 Å². The molecule has 1 atom stereocenters. The molecule has 1 unspecified atom stereocenters. The van der Waals surface area contributed by atoms with Crippen LogP contribution in [0.2, 0.25) is 0 Å². The Hall–Kier alpha value is -0.610. The Morgan fingerprint density at radius 2 is 2.41 bits per heavy atom. The summed E-state index contributed by atoms with van der Waals surface area (Å²) in [4.78, 5) is 7.00. The van der Waals surface area contributed by atoms with Crippen molar-refractivity contribution in [2.24, 2.45) is 0 Å². The van der Waals surface area contributed by atoms with E-state index in [1.807, 2.05) is 12.3 Å². The van der Waals surface area contributed by atoms with Gasteiger partial charge in [0.1, 0.15) is 5.82 Å². The summed E-state index contributed by atoms with van der Waals surface area (Å²) < 4.78 is 1.14. The summed E-state index contributed by atoms with van der Waals surface area (Å²) in [6.45, 7) is 7.60. The Bertz CT molecular complexity index is 375. The molecule has 0 saturated carbocycles. The van der Waals surface area contributed by atoms with E-state index < -0.39 is 0 Å². The van der Waals surface area contributed by atoms with E-state index >= 15 is 0 Å². The summed E-state index contributed by atoms with van der Waals surface area (Å²) in [6, 6.07) is 2.63. The molecular formula is C13H20BrN3. The van der Waals surface area contributed by atoms with Crippen LogP contribution in [0, 0.1) is 6.92 Å². The van der Waals surface area contributed by atoms with Crippen molar-refractivity contribution in [1.82, 2.24) is 10.3 Å². The Morgan fingerprint density at radius 1 is 1.59 bits per heavy atom. The third kappa shape index (κ3) is 2.80. The molecule has 3 nitrogen and oxygen atoms in total. The van der Waals surface area contributed by atoms with Crippen LogP contribution in [0.15, 0.2) is 16.7 Å². The first kappa shape index (κ1) is 12.8. The Morgan fingerprint density at radius 3 is 3.06 bits per heavy atom. The highest BCUT2D eigenvalue weighted by Crippen LogP contribution is 2.29. The van der Waals surface area contributed by atoms with Crippen molar-refractivity contribution in [2.75, 3.05) is 24.5 Å². The maximum absolute atomic E-state index is 4.55. The first-order chi connectivity index (χ1) is 8.24. The molecule has 2 heterocycles. The molecule has 1 aromatic rings. The number of nitrogens with one attached hydrogen (secondary N) is 1. The lowest BCUT2D eigenvalue weighted by Gasteiger charge is -2.30. The van der Waals surface area contributed by atoms with E-state index in [4.69, 9.17) is 0 Å². The summed E-state index contributed by atoms with van der Waals surface area (Å²) in [7, 11) is 0. The lowest BCUT2D eigenvalue weighted by Crippen LogP contribution is -2.38. The van der Waals surface area contributed by atoms with E-state index in [0.717, 1.165) is 36.3 Å². The third-order valence-corrected chi connectivity index (χ3v) is 4.26. The number of hydrogen-bond donors (Lipinski definition) is 1. The van der Waals surface area contributed by atoms with Crippen LogP contribution >= 0.6 is 15.9 Å². The van der Waals surface area contributed by atoms with Crippen molar-refractivity contribution in [3.8, 4) is 0 Å². The number of hydrogen-bond acceptors (Lipinski definition) is 3. The van der Waals surface area contributed by atoms with Gasteiger partial charge in [0.15, 0.2) is 0 Å². The smallest absolute Gasteiger partial charge is 0.143 e. The zero-order valence-corrected chi connectivity index (χ0v) is 12.1. The van der Waals surface area contributed by atoms with Gasteiger partial charge in [-0.05, 0) is 53.9 Å². The van der Waals surface area contributed by atoms with Crippen molar-refractivity contribution >= 4 is 21.7 Å². The lowest BCUT2D eigenvalue weighted by atomic mass is 10.2. The minimum Gasteiger partial charge on any atom is -0.351 e. The number of nitrogens with zero attached hydrogens (tertiary/aromatic N) is 2. The van der Waals surface area contributed by atoms with Gasteiger partial charge >= 0.3 is 0 Å². The quantitative estimate of drug-likeness (QED) is 0.926. The fraction of sp³-hybridized carbons (Fsp3) is 0.615. The van der Waals surface area contributed by atoms with Gasteiger partial charge in [0.2, 0.25) is 0 Å². The van der Waals surface area contributed by atoms with Crippen molar-refractivity contribution in [1.29, 1.82) is 0 Å².